The Hall–Kier alpha value is -2.49. The zero-order valence-electron chi connectivity index (χ0n) is 13.5. The van der Waals surface area contributed by atoms with Gasteiger partial charge in [0, 0.05) is 0 Å². The van der Waals surface area contributed by atoms with E-state index in [-0.39, 0.29) is 0 Å². The maximum atomic E-state index is 11.5. The molecule has 2 aromatic rings. The third-order valence-electron chi connectivity index (χ3n) is 3.65. The normalized spacial score (nSPS) is 11.7. The second-order valence-electron chi connectivity index (χ2n) is 5.30. The molecular formula is C19H22O4. The molecule has 0 aliphatic carbocycles. The molecule has 4 nitrogen and oxygen atoms in total. The third kappa shape index (κ3) is 4.74. The monoisotopic (exact) mass is 314 g/mol. The number of carboxylic acid groups (broad SMARTS) is 1. The van der Waals surface area contributed by atoms with Crippen LogP contribution >= 0.6 is 0 Å². The van der Waals surface area contributed by atoms with Gasteiger partial charge < -0.3 is 14.6 Å². The van der Waals surface area contributed by atoms with Crippen molar-refractivity contribution >= 4 is 5.97 Å². The Labute approximate surface area is 136 Å². The molecular weight excluding hydrogens is 292 g/mol. The molecule has 23 heavy (non-hydrogen) atoms. The van der Waals surface area contributed by atoms with Gasteiger partial charge in [-0.2, -0.15) is 0 Å². The van der Waals surface area contributed by atoms with Crippen LogP contribution in [0.15, 0.2) is 48.5 Å². The van der Waals surface area contributed by atoms with Gasteiger partial charge in [-0.3, -0.25) is 4.79 Å². The van der Waals surface area contributed by atoms with Crippen molar-refractivity contribution in [3.8, 4) is 11.5 Å². The highest BCUT2D eigenvalue weighted by molar-refractivity contribution is 5.76. The second-order valence-corrected chi connectivity index (χ2v) is 5.30. The van der Waals surface area contributed by atoms with E-state index in [1.54, 1.807) is 24.3 Å². The lowest BCUT2D eigenvalue weighted by atomic mass is 9.96. The van der Waals surface area contributed by atoms with E-state index >= 15 is 0 Å². The smallest absolute Gasteiger partial charge is 0.311 e. The molecule has 0 aliphatic rings. The first-order valence-corrected chi connectivity index (χ1v) is 7.75. The van der Waals surface area contributed by atoms with E-state index < -0.39 is 11.9 Å². The summed E-state index contributed by atoms with van der Waals surface area (Å²) in [4.78, 5) is 11.5. The zero-order valence-corrected chi connectivity index (χ0v) is 13.5. The summed E-state index contributed by atoms with van der Waals surface area (Å²) in [7, 11) is 0. The summed E-state index contributed by atoms with van der Waals surface area (Å²) in [6, 6.07) is 14.9. The van der Waals surface area contributed by atoms with Crippen LogP contribution in [0.5, 0.6) is 11.5 Å². The minimum atomic E-state index is -0.845. The number of carboxylic acids is 1. The van der Waals surface area contributed by atoms with Crippen LogP contribution in [-0.4, -0.2) is 24.3 Å². The Morgan fingerprint density at radius 1 is 1.09 bits per heavy atom. The van der Waals surface area contributed by atoms with Gasteiger partial charge in [-0.1, -0.05) is 30.3 Å². The molecule has 0 fully saturated rings. The molecule has 0 aliphatic heterocycles. The van der Waals surface area contributed by atoms with Gasteiger partial charge in [0.25, 0.3) is 0 Å². The van der Waals surface area contributed by atoms with Gasteiger partial charge in [-0.15, -0.1) is 0 Å². The Morgan fingerprint density at radius 3 is 2.39 bits per heavy atom. The molecule has 0 heterocycles. The highest BCUT2D eigenvalue weighted by atomic mass is 16.5. The number of aliphatic carboxylic acids is 1. The Balaban J connectivity index is 1.99. The lowest BCUT2D eigenvalue weighted by Gasteiger charge is -2.15. The Morgan fingerprint density at radius 2 is 1.78 bits per heavy atom. The average molecular weight is 314 g/mol. The molecule has 2 rings (SSSR count). The van der Waals surface area contributed by atoms with E-state index in [1.807, 2.05) is 38.1 Å². The number of hydrogen-bond acceptors (Lipinski definition) is 3. The van der Waals surface area contributed by atoms with E-state index in [1.165, 1.54) is 0 Å². The van der Waals surface area contributed by atoms with Crippen LogP contribution in [0.25, 0.3) is 0 Å². The Bertz CT molecular complexity index is 634. The summed E-state index contributed by atoms with van der Waals surface area (Å²) in [5, 5.41) is 9.46. The molecule has 0 saturated heterocycles. The number of aryl methyl sites for hydroxylation is 1. The average Bonchev–Trinajstić information content (AvgIpc) is 2.54. The van der Waals surface area contributed by atoms with Crippen molar-refractivity contribution < 1.29 is 19.4 Å². The summed E-state index contributed by atoms with van der Waals surface area (Å²) in [5.74, 6) is 0.108. The number of ether oxygens (including phenoxy) is 2. The molecule has 0 bridgehead atoms. The molecule has 0 amide bonds. The Kier molecular flexibility index (Phi) is 6.03. The van der Waals surface area contributed by atoms with Crippen molar-refractivity contribution in [2.24, 2.45) is 0 Å². The topological polar surface area (TPSA) is 55.8 Å². The highest BCUT2D eigenvalue weighted by Gasteiger charge is 2.20. The zero-order chi connectivity index (χ0) is 16.7. The molecule has 2 aromatic carbocycles. The van der Waals surface area contributed by atoms with Gasteiger partial charge in [-0.05, 0) is 49.6 Å². The fourth-order valence-electron chi connectivity index (χ4n) is 2.40. The quantitative estimate of drug-likeness (QED) is 0.799. The van der Waals surface area contributed by atoms with Crippen molar-refractivity contribution in [1.82, 2.24) is 0 Å². The SMILES string of the molecule is CCOc1ccc(C(CCOc2ccccc2C)C(=O)O)cc1. The molecule has 122 valence electrons. The maximum absolute atomic E-state index is 11.5. The van der Waals surface area contributed by atoms with E-state index in [0.29, 0.717) is 19.6 Å². The fourth-order valence-corrected chi connectivity index (χ4v) is 2.40. The summed E-state index contributed by atoms with van der Waals surface area (Å²) in [6.45, 7) is 4.83. The first-order valence-electron chi connectivity index (χ1n) is 7.75. The molecule has 0 spiro atoms. The first-order chi connectivity index (χ1) is 11.1. The number of benzene rings is 2. The van der Waals surface area contributed by atoms with Crippen molar-refractivity contribution in [3.63, 3.8) is 0 Å². The van der Waals surface area contributed by atoms with Crippen molar-refractivity contribution in [2.75, 3.05) is 13.2 Å². The van der Waals surface area contributed by atoms with Gasteiger partial charge in [0.2, 0.25) is 0 Å². The standard InChI is InChI=1S/C19H22O4/c1-3-22-16-10-8-15(9-11-16)17(19(20)21)12-13-23-18-7-5-4-6-14(18)2/h4-11,17H,3,12-13H2,1-2H3,(H,20,21). The van der Waals surface area contributed by atoms with Gasteiger partial charge in [0.05, 0.1) is 19.1 Å². The van der Waals surface area contributed by atoms with E-state index in [9.17, 15) is 9.90 Å². The summed E-state index contributed by atoms with van der Waals surface area (Å²) in [6.07, 6.45) is 0.414. The van der Waals surface area contributed by atoms with Gasteiger partial charge in [-0.25, -0.2) is 0 Å². The van der Waals surface area contributed by atoms with Crippen LogP contribution in [0.2, 0.25) is 0 Å². The van der Waals surface area contributed by atoms with Gasteiger partial charge in [0.1, 0.15) is 11.5 Å². The number of hydrogen-bond donors (Lipinski definition) is 1. The molecule has 4 heteroatoms. The molecule has 1 unspecified atom stereocenters. The minimum Gasteiger partial charge on any atom is -0.494 e. The van der Waals surface area contributed by atoms with Crippen molar-refractivity contribution in [1.29, 1.82) is 0 Å². The van der Waals surface area contributed by atoms with E-state index in [0.717, 1.165) is 22.6 Å². The predicted molar refractivity (Wildman–Crippen MR) is 89.3 cm³/mol. The number of para-hydroxylation sites is 1. The maximum Gasteiger partial charge on any atom is 0.311 e. The molecule has 0 radical (unpaired) electrons. The fraction of sp³-hybridized carbons (Fsp3) is 0.316. The summed E-state index contributed by atoms with van der Waals surface area (Å²) >= 11 is 0. The van der Waals surface area contributed by atoms with Crippen LogP contribution in [0.1, 0.15) is 30.4 Å². The molecule has 0 saturated carbocycles. The van der Waals surface area contributed by atoms with Crippen LogP contribution in [0.3, 0.4) is 0 Å². The first kappa shape index (κ1) is 16.9. The van der Waals surface area contributed by atoms with Crippen molar-refractivity contribution in [2.45, 2.75) is 26.2 Å². The van der Waals surface area contributed by atoms with Gasteiger partial charge >= 0.3 is 5.97 Å². The molecule has 1 atom stereocenters. The molecule has 1 N–H and O–H groups in total. The van der Waals surface area contributed by atoms with E-state index in [2.05, 4.69) is 0 Å². The lowest BCUT2D eigenvalue weighted by molar-refractivity contribution is -0.139. The van der Waals surface area contributed by atoms with Gasteiger partial charge in [0.15, 0.2) is 0 Å². The second kappa shape index (κ2) is 8.22. The minimum absolute atomic E-state index is 0.356. The summed E-state index contributed by atoms with van der Waals surface area (Å²) < 4.78 is 11.1. The van der Waals surface area contributed by atoms with Crippen LogP contribution in [0, 0.1) is 6.92 Å². The highest BCUT2D eigenvalue weighted by Crippen LogP contribution is 2.24. The number of rotatable bonds is 8. The predicted octanol–water partition coefficient (Wildman–Crippen LogP) is 4.03. The van der Waals surface area contributed by atoms with Crippen LogP contribution in [-0.2, 0) is 4.79 Å². The third-order valence-corrected chi connectivity index (χ3v) is 3.65. The van der Waals surface area contributed by atoms with E-state index in [4.69, 9.17) is 9.47 Å². The summed E-state index contributed by atoms with van der Waals surface area (Å²) in [5.41, 5.74) is 1.80. The van der Waals surface area contributed by atoms with Crippen LogP contribution < -0.4 is 9.47 Å². The number of carbonyl (C=O) groups is 1. The lowest BCUT2D eigenvalue weighted by Crippen LogP contribution is -2.15. The largest absolute Gasteiger partial charge is 0.494 e. The molecule has 0 aromatic heterocycles. The van der Waals surface area contributed by atoms with Crippen LogP contribution in [0.4, 0.5) is 0 Å². The van der Waals surface area contributed by atoms with Crippen molar-refractivity contribution in [3.05, 3.63) is 59.7 Å².